The molecule has 0 fully saturated rings. The number of pyridine rings is 1. The lowest BCUT2D eigenvalue weighted by Gasteiger charge is -2.09. The van der Waals surface area contributed by atoms with Gasteiger partial charge < -0.3 is 19.9 Å². The number of amides is 2. The van der Waals surface area contributed by atoms with Crippen molar-refractivity contribution in [2.75, 3.05) is 17.7 Å². The zero-order valence-corrected chi connectivity index (χ0v) is 12.8. The molecular weight excluding hydrogens is 298 g/mol. The molecular formula is C16H17N3O4. The fraction of sp³-hybridized carbons (Fsp3) is 0.188. The van der Waals surface area contributed by atoms with Gasteiger partial charge >= 0.3 is 0 Å². The first-order valence-electron chi connectivity index (χ1n) is 6.90. The highest BCUT2D eigenvalue weighted by atomic mass is 16.5. The normalized spacial score (nSPS) is 10.0. The molecule has 0 atom stereocenters. The molecule has 23 heavy (non-hydrogen) atoms. The fourth-order valence-corrected chi connectivity index (χ4v) is 1.99. The third kappa shape index (κ3) is 4.44. The fourth-order valence-electron chi connectivity index (χ4n) is 1.99. The minimum Gasteiger partial charge on any atom is -0.491 e. The number of carbonyl (C=O) groups excluding carboxylic acids is 2. The van der Waals surface area contributed by atoms with Crippen LogP contribution in [0.5, 0.6) is 5.75 Å². The lowest BCUT2D eigenvalue weighted by Crippen LogP contribution is -2.27. The molecule has 0 spiro atoms. The maximum atomic E-state index is 12.0. The van der Waals surface area contributed by atoms with Crippen molar-refractivity contribution in [3.63, 3.8) is 0 Å². The van der Waals surface area contributed by atoms with E-state index < -0.39 is 0 Å². The van der Waals surface area contributed by atoms with Gasteiger partial charge in [-0.1, -0.05) is 0 Å². The average molecular weight is 315 g/mol. The van der Waals surface area contributed by atoms with Crippen molar-refractivity contribution in [2.24, 2.45) is 0 Å². The van der Waals surface area contributed by atoms with Crippen molar-refractivity contribution < 1.29 is 14.3 Å². The van der Waals surface area contributed by atoms with Gasteiger partial charge in [0.2, 0.25) is 11.8 Å². The molecule has 1 aromatic heterocycles. The average Bonchev–Trinajstić information content (AvgIpc) is 2.51. The van der Waals surface area contributed by atoms with Crippen LogP contribution in [0.25, 0.3) is 0 Å². The Morgan fingerprint density at radius 2 is 1.70 bits per heavy atom. The molecule has 2 amide bonds. The van der Waals surface area contributed by atoms with Crippen LogP contribution >= 0.6 is 0 Å². The number of rotatable bonds is 5. The summed E-state index contributed by atoms with van der Waals surface area (Å²) in [5, 5.41) is 5.32. The lowest BCUT2D eigenvalue weighted by molar-refractivity contribution is -0.117. The Hall–Kier alpha value is -3.09. The van der Waals surface area contributed by atoms with Crippen LogP contribution in [0.3, 0.4) is 0 Å². The lowest BCUT2D eigenvalue weighted by atomic mass is 10.2. The molecule has 0 saturated heterocycles. The van der Waals surface area contributed by atoms with Gasteiger partial charge in [0.1, 0.15) is 6.54 Å². The van der Waals surface area contributed by atoms with Gasteiger partial charge in [-0.15, -0.1) is 0 Å². The summed E-state index contributed by atoms with van der Waals surface area (Å²) in [7, 11) is 1.40. The van der Waals surface area contributed by atoms with Gasteiger partial charge in [-0.05, 0) is 36.4 Å². The van der Waals surface area contributed by atoms with Gasteiger partial charge in [0.05, 0.1) is 7.11 Å². The van der Waals surface area contributed by atoms with Gasteiger partial charge in [-0.25, -0.2) is 0 Å². The van der Waals surface area contributed by atoms with Crippen molar-refractivity contribution >= 4 is 23.2 Å². The number of hydrogen-bond acceptors (Lipinski definition) is 4. The van der Waals surface area contributed by atoms with Crippen molar-refractivity contribution in [2.45, 2.75) is 13.5 Å². The number of carbonyl (C=O) groups is 2. The van der Waals surface area contributed by atoms with E-state index in [1.54, 1.807) is 30.3 Å². The summed E-state index contributed by atoms with van der Waals surface area (Å²) >= 11 is 0. The second kappa shape index (κ2) is 7.26. The highest BCUT2D eigenvalue weighted by Gasteiger charge is 2.08. The van der Waals surface area contributed by atoms with E-state index in [2.05, 4.69) is 10.6 Å². The summed E-state index contributed by atoms with van der Waals surface area (Å²) in [4.78, 5) is 34.9. The first-order chi connectivity index (χ1) is 11.0. The Morgan fingerprint density at radius 3 is 2.26 bits per heavy atom. The number of nitrogens with one attached hydrogen (secondary N) is 2. The third-order valence-electron chi connectivity index (χ3n) is 3.01. The molecule has 120 valence electrons. The molecule has 7 nitrogen and oxygen atoms in total. The van der Waals surface area contributed by atoms with E-state index in [4.69, 9.17) is 4.74 Å². The molecule has 1 heterocycles. The molecule has 0 unspecified atom stereocenters. The van der Waals surface area contributed by atoms with Crippen molar-refractivity contribution in [3.05, 3.63) is 52.9 Å². The first-order valence-corrected chi connectivity index (χ1v) is 6.90. The zero-order valence-electron chi connectivity index (χ0n) is 12.8. The van der Waals surface area contributed by atoms with Crippen LogP contribution in [0.15, 0.2) is 47.4 Å². The topological polar surface area (TPSA) is 89.4 Å². The van der Waals surface area contributed by atoms with E-state index in [0.717, 1.165) is 0 Å². The SMILES string of the molecule is COc1cccn(CC(=O)Nc2ccc(NC(C)=O)cc2)c1=O. The second-order valence-corrected chi connectivity index (χ2v) is 4.82. The highest BCUT2D eigenvalue weighted by Crippen LogP contribution is 2.13. The van der Waals surface area contributed by atoms with Crippen LogP contribution in [-0.4, -0.2) is 23.5 Å². The smallest absolute Gasteiger partial charge is 0.293 e. The van der Waals surface area contributed by atoms with E-state index in [9.17, 15) is 14.4 Å². The number of hydrogen-bond donors (Lipinski definition) is 2. The zero-order chi connectivity index (χ0) is 16.8. The molecule has 0 aliphatic heterocycles. The number of nitrogens with zero attached hydrogens (tertiary/aromatic N) is 1. The summed E-state index contributed by atoms with van der Waals surface area (Å²) in [5.41, 5.74) is 0.839. The first kappa shape index (κ1) is 16.3. The monoisotopic (exact) mass is 315 g/mol. The van der Waals surface area contributed by atoms with Crippen LogP contribution < -0.4 is 20.9 Å². The van der Waals surface area contributed by atoms with Gasteiger partial charge in [-0.2, -0.15) is 0 Å². The van der Waals surface area contributed by atoms with Gasteiger partial charge in [0.15, 0.2) is 5.75 Å². The van der Waals surface area contributed by atoms with Crippen LogP contribution in [0.1, 0.15) is 6.92 Å². The quantitative estimate of drug-likeness (QED) is 0.874. The Labute approximate surface area is 132 Å². The van der Waals surface area contributed by atoms with Gasteiger partial charge in [0.25, 0.3) is 5.56 Å². The van der Waals surface area contributed by atoms with Crippen LogP contribution in [0.4, 0.5) is 11.4 Å². The van der Waals surface area contributed by atoms with E-state index in [0.29, 0.717) is 11.4 Å². The molecule has 7 heteroatoms. The molecule has 0 radical (unpaired) electrons. The molecule has 0 aliphatic rings. The number of methoxy groups -OCH3 is 1. The van der Waals surface area contributed by atoms with E-state index >= 15 is 0 Å². The van der Waals surface area contributed by atoms with Crippen molar-refractivity contribution in [1.29, 1.82) is 0 Å². The van der Waals surface area contributed by atoms with Crippen LogP contribution in [0.2, 0.25) is 0 Å². The highest BCUT2D eigenvalue weighted by molar-refractivity contribution is 5.92. The molecule has 1 aromatic carbocycles. The molecule has 0 saturated carbocycles. The Bertz CT molecular complexity index is 766. The minimum atomic E-state index is -0.369. The third-order valence-corrected chi connectivity index (χ3v) is 3.01. The molecule has 0 aliphatic carbocycles. The van der Waals surface area contributed by atoms with Gasteiger partial charge in [0, 0.05) is 24.5 Å². The summed E-state index contributed by atoms with van der Waals surface area (Å²) in [6.45, 7) is 1.30. The minimum absolute atomic E-state index is 0.122. The summed E-state index contributed by atoms with van der Waals surface area (Å²) < 4.78 is 6.19. The molecule has 2 N–H and O–H groups in total. The van der Waals surface area contributed by atoms with E-state index in [-0.39, 0.29) is 29.7 Å². The number of benzene rings is 1. The maximum Gasteiger partial charge on any atom is 0.293 e. The standard InChI is InChI=1S/C16H17N3O4/c1-11(20)17-12-5-7-13(8-6-12)18-15(21)10-19-9-3-4-14(23-2)16(19)22/h3-9H,10H2,1-2H3,(H,17,20)(H,18,21). The van der Waals surface area contributed by atoms with Crippen LogP contribution in [0, 0.1) is 0 Å². The Balaban J connectivity index is 2.02. The molecule has 2 aromatic rings. The number of ether oxygens (including phenoxy) is 1. The summed E-state index contributed by atoms with van der Waals surface area (Å²) in [5.74, 6) is -0.327. The predicted octanol–water partition coefficient (Wildman–Crippen LogP) is 1.45. The van der Waals surface area contributed by atoms with E-state index in [1.807, 2.05) is 0 Å². The van der Waals surface area contributed by atoms with Crippen molar-refractivity contribution in [1.82, 2.24) is 4.57 Å². The van der Waals surface area contributed by atoms with E-state index in [1.165, 1.54) is 30.9 Å². The Morgan fingerprint density at radius 1 is 1.09 bits per heavy atom. The maximum absolute atomic E-state index is 12.0. The van der Waals surface area contributed by atoms with Gasteiger partial charge in [-0.3, -0.25) is 14.4 Å². The number of aromatic nitrogens is 1. The molecule has 0 bridgehead atoms. The van der Waals surface area contributed by atoms with Crippen LogP contribution in [-0.2, 0) is 16.1 Å². The number of anilines is 2. The second-order valence-electron chi connectivity index (χ2n) is 4.82. The molecule has 2 rings (SSSR count). The predicted molar refractivity (Wildman–Crippen MR) is 86.6 cm³/mol. The Kier molecular flexibility index (Phi) is 5.14. The largest absolute Gasteiger partial charge is 0.491 e. The van der Waals surface area contributed by atoms with Crippen molar-refractivity contribution in [3.8, 4) is 5.75 Å². The summed E-state index contributed by atoms with van der Waals surface area (Å²) in [6, 6.07) is 9.85. The summed E-state index contributed by atoms with van der Waals surface area (Å²) in [6.07, 6.45) is 1.52.